The highest BCUT2D eigenvalue weighted by atomic mass is 35.5. The summed E-state index contributed by atoms with van der Waals surface area (Å²) in [5.41, 5.74) is 9.93. The van der Waals surface area contributed by atoms with Gasteiger partial charge in [0.05, 0.1) is 18.9 Å². The maximum Gasteiger partial charge on any atom is 0.0968 e. The fourth-order valence-corrected chi connectivity index (χ4v) is 6.06. The van der Waals surface area contributed by atoms with E-state index in [1.807, 2.05) is 18.2 Å². The van der Waals surface area contributed by atoms with Gasteiger partial charge in [-0.1, -0.05) is 60.7 Å². The Bertz CT molecular complexity index is 998. The van der Waals surface area contributed by atoms with E-state index in [1.165, 1.54) is 43.9 Å². The molecular weight excluding hydrogens is 481 g/mol. The Kier molecular flexibility index (Phi) is 9.45. The fraction of sp³-hybridized carbons (Fsp3) is 0.519. The minimum Gasteiger partial charge on any atom is -0.381 e. The molecular formula is C27H37Cl2N5O. The minimum absolute atomic E-state index is 0.0800. The van der Waals surface area contributed by atoms with Gasteiger partial charge in [0.1, 0.15) is 0 Å². The topological polar surface area (TPSA) is 97.4 Å². The highest BCUT2D eigenvalue weighted by molar-refractivity contribution is 6.35. The van der Waals surface area contributed by atoms with Crippen LogP contribution in [-0.4, -0.2) is 48.2 Å². The zero-order chi connectivity index (χ0) is 24.8. The Labute approximate surface area is 218 Å². The van der Waals surface area contributed by atoms with Crippen molar-refractivity contribution in [2.75, 3.05) is 25.1 Å². The summed E-state index contributed by atoms with van der Waals surface area (Å²) in [4.78, 5) is 2.16. The maximum absolute atomic E-state index is 9.95. The van der Waals surface area contributed by atoms with E-state index in [9.17, 15) is 5.11 Å². The van der Waals surface area contributed by atoms with E-state index in [0.29, 0.717) is 28.5 Å². The number of nitrogens with two attached hydrogens (primary N) is 1. The number of anilines is 1. The van der Waals surface area contributed by atoms with Crippen LogP contribution < -0.4 is 16.4 Å². The van der Waals surface area contributed by atoms with Crippen LogP contribution in [0.3, 0.4) is 0 Å². The Morgan fingerprint density at radius 1 is 1.11 bits per heavy atom. The monoisotopic (exact) mass is 517 g/mol. The van der Waals surface area contributed by atoms with Crippen molar-refractivity contribution in [3.63, 3.8) is 0 Å². The molecule has 190 valence electrons. The molecule has 1 heterocycles. The van der Waals surface area contributed by atoms with Gasteiger partial charge in [0.15, 0.2) is 0 Å². The lowest BCUT2D eigenvalue weighted by Crippen LogP contribution is -2.54. The third-order valence-corrected chi connectivity index (χ3v) is 8.10. The third kappa shape index (κ3) is 6.56. The average Bonchev–Trinajstić information content (AvgIpc) is 2.88. The van der Waals surface area contributed by atoms with Gasteiger partial charge in [-0.3, -0.25) is 10.2 Å². The SMILES string of the molecule is N=Cc1ccc(C2CCN(CO)C(NC3CCCCC3)C2)cc1NC(CN)c1ccc(Cl)cc1Cl. The number of rotatable bonds is 9. The summed E-state index contributed by atoms with van der Waals surface area (Å²) in [6.45, 7) is 1.29. The molecule has 6 nitrogen and oxygen atoms in total. The van der Waals surface area contributed by atoms with E-state index in [-0.39, 0.29) is 18.9 Å². The molecule has 1 aliphatic heterocycles. The van der Waals surface area contributed by atoms with Crippen LogP contribution in [-0.2, 0) is 0 Å². The normalized spacial score (nSPS) is 22.6. The van der Waals surface area contributed by atoms with Gasteiger partial charge in [0.25, 0.3) is 0 Å². The first kappa shape index (κ1) is 26.4. The zero-order valence-electron chi connectivity index (χ0n) is 20.1. The standard InChI is InChI=1S/C27H37Cl2N5O/c28-21-8-9-23(24(29)14-21)26(16-31)33-25-12-18(6-7-20(25)15-30)19-10-11-34(17-35)27(13-19)32-22-4-2-1-3-5-22/h6-9,12,14-15,19,22,26-27,30,32-33,35H,1-5,10-11,13,16-17,31H2. The van der Waals surface area contributed by atoms with Crippen LogP contribution in [0.4, 0.5) is 5.69 Å². The summed E-state index contributed by atoms with van der Waals surface area (Å²) < 4.78 is 0. The molecule has 2 aliphatic rings. The van der Waals surface area contributed by atoms with Crippen LogP contribution in [0.5, 0.6) is 0 Å². The molecule has 0 bridgehead atoms. The van der Waals surface area contributed by atoms with Gasteiger partial charge in [-0.15, -0.1) is 0 Å². The molecule has 0 radical (unpaired) electrons. The molecule has 3 unspecified atom stereocenters. The summed E-state index contributed by atoms with van der Waals surface area (Å²) in [5, 5.41) is 26.4. The number of nitrogens with zero attached hydrogens (tertiary/aromatic N) is 1. The number of hydrogen-bond donors (Lipinski definition) is 5. The molecule has 35 heavy (non-hydrogen) atoms. The number of aliphatic hydroxyl groups excluding tert-OH is 1. The zero-order valence-corrected chi connectivity index (χ0v) is 21.7. The van der Waals surface area contributed by atoms with Crippen molar-refractivity contribution in [2.45, 2.75) is 69.1 Å². The second-order valence-electron chi connectivity index (χ2n) is 9.78. The van der Waals surface area contributed by atoms with E-state index in [0.717, 1.165) is 36.2 Å². The Hall–Kier alpha value is -1.67. The van der Waals surface area contributed by atoms with Gasteiger partial charge < -0.3 is 21.6 Å². The molecule has 2 aromatic rings. The minimum atomic E-state index is -0.203. The molecule has 8 heteroatoms. The maximum atomic E-state index is 9.95. The van der Waals surface area contributed by atoms with Crippen LogP contribution >= 0.6 is 23.2 Å². The lowest BCUT2D eigenvalue weighted by Gasteiger charge is -2.41. The van der Waals surface area contributed by atoms with Crippen LogP contribution in [0.2, 0.25) is 10.0 Å². The highest BCUT2D eigenvalue weighted by Gasteiger charge is 2.31. The van der Waals surface area contributed by atoms with Crippen molar-refractivity contribution in [2.24, 2.45) is 5.73 Å². The van der Waals surface area contributed by atoms with Crippen LogP contribution in [0.1, 0.15) is 73.6 Å². The highest BCUT2D eigenvalue weighted by Crippen LogP contribution is 2.35. The van der Waals surface area contributed by atoms with Crippen molar-refractivity contribution in [1.29, 1.82) is 5.41 Å². The summed E-state index contributed by atoms with van der Waals surface area (Å²) in [5.74, 6) is 0.370. The number of hydrogen-bond acceptors (Lipinski definition) is 6. The number of nitrogens with one attached hydrogen (secondary N) is 3. The van der Waals surface area contributed by atoms with E-state index < -0.39 is 0 Å². The third-order valence-electron chi connectivity index (χ3n) is 7.54. The van der Waals surface area contributed by atoms with E-state index in [1.54, 1.807) is 6.07 Å². The first-order valence-electron chi connectivity index (χ1n) is 12.7. The molecule has 1 aliphatic carbocycles. The van der Waals surface area contributed by atoms with E-state index >= 15 is 0 Å². The average molecular weight is 519 g/mol. The molecule has 0 spiro atoms. The van der Waals surface area contributed by atoms with Crippen molar-refractivity contribution in [3.8, 4) is 0 Å². The second kappa shape index (κ2) is 12.5. The molecule has 3 atom stereocenters. The summed E-state index contributed by atoms with van der Waals surface area (Å²) in [7, 11) is 0. The van der Waals surface area contributed by atoms with Gasteiger partial charge in [0.2, 0.25) is 0 Å². The molecule has 2 fully saturated rings. The quantitative estimate of drug-likeness (QED) is 0.283. The van der Waals surface area contributed by atoms with Gasteiger partial charge >= 0.3 is 0 Å². The number of benzene rings is 2. The molecule has 2 aromatic carbocycles. The molecule has 4 rings (SSSR count). The van der Waals surface area contributed by atoms with Crippen LogP contribution in [0, 0.1) is 5.41 Å². The number of piperidine rings is 1. The van der Waals surface area contributed by atoms with Crippen molar-refractivity contribution in [1.82, 2.24) is 10.2 Å². The lowest BCUT2D eigenvalue weighted by molar-refractivity contribution is 0.0156. The van der Waals surface area contributed by atoms with Gasteiger partial charge in [-0.25, -0.2) is 0 Å². The molecule has 1 saturated carbocycles. The molecule has 0 aromatic heterocycles. The largest absolute Gasteiger partial charge is 0.381 e. The molecule has 6 N–H and O–H groups in total. The summed E-state index contributed by atoms with van der Waals surface area (Å²) >= 11 is 12.5. The molecule has 1 saturated heterocycles. The molecule has 0 amide bonds. The lowest BCUT2D eigenvalue weighted by atomic mass is 9.86. The van der Waals surface area contributed by atoms with Gasteiger partial charge in [0, 0.05) is 46.6 Å². The Morgan fingerprint density at radius 2 is 1.91 bits per heavy atom. The van der Waals surface area contributed by atoms with Gasteiger partial charge in [-0.05, 0) is 60.9 Å². The van der Waals surface area contributed by atoms with Crippen LogP contribution in [0.25, 0.3) is 0 Å². The van der Waals surface area contributed by atoms with E-state index in [4.69, 9.17) is 34.3 Å². The smallest absolute Gasteiger partial charge is 0.0968 e. The second-order valence-corrected chi connectivity index (χ2v) is 10.6. The van der Waals surface area contributed by atoms with Gasteiger partial charge in [-0.2, -0.15) is 0 Å². The van der Waals surface area contributed by atoms with Crippen molar-refractivity contribution >= 4 is 35.1 Å². The Morgan fingerprint density at radius 3 is 2.60 bits per heavy atom. The first-order chi connectivity index (χ1) is 17.0. The summed E-state index contributed by atoms with van der Waals surface area (Å²) in [6.07, 6.45) is 9.80. The predicted molar refractivity (Wildman–Crippen MR) is 146 cm³/mol. The Balaban J connectivity index is 1.53. The fourth-order valence-electron chi connectivity index (χ4n) is 5.51. The first-order valence-corrected chi connectivity index (χ1v) is 13.4. The van der Waals surface area contributed by atoms with E-state index in [2.05, 4.69) is 27.7 Å². The predicted octanol–water partition coefficient (Wildman–Crippen LogP) is 5.48. The number of likely N-dealkylation sites (tertiary alicyclic amines) is 1. The van der Waals surface area contributed by atoms with Crippen LogP contribution in [0.15, 0.2) is 36.4 Å². The number of aliphatic hydroxyl groups is 1. The summed E-state index contributed by atoms with van der Waals surface area (Å²) in [6, 6.07) is 12.1. The van der Waals surface area contributed by atoms with Crippen molar-refractivity contribution < 1.29 is 5.11 Å². The van der Waals surface area contributed by atoms with Crippen molar-refractivity contribution in [3.05, 3.63) is 63.1 Å². The number of halogens is 2.